The topological polar surface area (TPSA) is 208 Å². The molecule has 3 aromatic rings. The first kappa shape index (κ1) is 37.6. The fourth-order valence-electron chi connectivity index (χ4n) is 8.74. The van der Waals surface area contributed by atoms with Crippen LogP contribution >= 0.6 is 0 Å². The number of nitrogens with one attached hydrogen (secondary N) is 3. The Kier molecular flexibility index (Phi) is 12.1. The number of rotatable bonds is 13. The van der Waals surface area contributed by atoms with Gasteiger partial charge in [0.15, 0.2) is 0 Å². The monoisotopic (exact) mass is 692 g/mol. The van der Waals surface area contributed by atoms with E-state index in [2.05, 4.69) is 15.6 Å². The highest BCUT2D eigenvalue weighted by atomic mass is 16.4. The van der Waals surface area contributed by atoms with E-state index in [0.717, 1.165) is 47.4 Å². The average molecular weight is 693 g/mol. The van der Waals surface area contributed by atoms with Gasteiger partial charge in [-0.05, 0) is 119 Å². The lowest BCUT2D eigenvalue weighted by molar-refractivity contribution is -0.113. The van der Waals surface area contributed by atoms with Crippen molar-refractivity contribution in [1.29, 1.82) is 0 Å². The third-order valence-corrected chi connectivity index (χ3v) is 10.9. The zero-order chi connectivity index (χ0) is 36.2. The number of aromatic nitrogens is 2. The minimum absolute atomic E-state index is 0.0936. The Labute approximate surface area is 293 Å². The largest absolute Gasteiger partial charge is 0.478 e. The Balaban J connectivity index is 0.000000320. The molecule has 272 valence electrons. The number of H-pyrrole nitrogens is 1. The second-order valence-electron chi connectivity index (χ2n) is 14.8. The third kappa shape index (κ3) is 8.62. The van der Waals surface area contributed by atoms with Gasteiger partial charge in [0.2, 0.25) is 0 Å². The molecule has 4 aliphatic rings. The van der Waals surface area contributed by atoms with Crippen LogP contribution in [0.25, 0.3) is 11.4 Å². The van der Waals surface area contributed by atoms with Crippen molar-refractivity contribution in [2.24, 2.45) is 23.2 Å². The molecule has 0 saturated heterocycles. The van der Waals surface area contributed by atoms with Crippen molar-refractivity contribution in [2.45, 2.75) is 89.6 Å². The Bertz CT molecular complexity index is 1610. The fourth-order valence-corrected chi connectivity index (χ4v) is 8.74. The molecule has 1 aromatic heterocycles. The minimum Gasteiger partial charge on any atom is -0.478 e. The summed E-state index contributed by atoms with van der Waals surface area (Å²) in [6, 6.07) is 13.0. The lowest BCUT2D eigenvalue weighted by Gasteiger charge is -2.57. The summed E-state index contributed by atoms with van der Waals surface area (Å²) in [5.74, 6) is 2.07. The van der Waals surface area contributed by atoms with E-state index in [-0.39, 0.29) is 18.0 Å². The maximum atomic E-state index is 13.5. The van der Waals surface area contributed by atoms with Crippen molar-refractivity contribution in [1.82, 2.24) is 15.3 Å². The van der Waals surface area contributed by atoms with Gasteiger partial charge in [-0.1, -0.05) is 30.3 Å². The van der Waals surface area contributed by atoms with Crippen LogP contribution in [0.3, 0.4) is 0 Å². The molecule has 0 radical (unpaired) electrons. The first-order valence-electron chi connectivity index (χ1n) is 17.6. The lowest BCUT2D eigenvalue weighted by Crippen LogP contribution is -2.48. The van der Waals surface area contributed by atoms with E-state index in [9.17, 15) is 19.8 Å². The number of hydrogen-bond acceptors (Lipinski definition) is 9. The highest BCUT2D eigenvalue weighted by molar-refractivity contribution is 6.04. The molecule has 4 bridgehead atoms. The molecule has 0 aliphatic heterocycles. The van der Waals surface area contributed by atoms with Gasteiger partial charge in [0.25, 0.3) is 5.91 Å². The number of carboxylic acids is 1. The summed E-state index contributed by atoms with van der Waals surface area (Å²) in [7, 11) is 1.57. The van der Waals surface area contributed by atoms with Crippen molar-refractivity contribution < 1.29 is 40.2 Å². The van der Waals surface area contributed by atoms with Crippen LogP contribution in [-0.4, -0.2) is 97.1 Å². The Morgan fingerprint density at radius 2 is 1.54 bits per heavy atom. The SMILES string of the molecule is CNC[C@H](O)[C@@H](O)[C@H](O)[C@H](O)CO.Cc1ccc(NC(=O)c2nc(-c3ccccc3C)[nH]c2CCC23CC4CC(CC(C4)C2)C3)cc1C(=O)O. The number of carboxylic acid groups (broad SMARTS) is 1. The van der Waals surface area contributed by atoms with Gasteiger partial charge in [0, 0.05) is 23.5 Å². The van der Waals surface area contributed by atoms with Gasteiger partial charge in [-0.15, -0.1) is 0 Å². The minimum atomic E-state index is -1.55. The van der Waals surface area contributed by atoms with Crippen LogP contribution in [0.4, 0.5) is 5.69 Å². The first-order valence-corrected chi connectivity index (χ1v) is 17.6. The van der Waals surface area contributed by atoms with Crippen LogP contribution in [0.2, 0.25) is 0 Å². The number of benzene rings is 2. The maximum Gasteiger partial charge on any atom is 0.336 e. The van der Waals surface area contributed by atoms with E-state index in [0.29, 0.717) is 28.2 Å². The molecule has 4 aliphatic carbocycles. The number of carbonyl (C=O) groups excluding carboxylic acids is 1. The zero-order valence-corrected chi connectivity index (χ0v) is 29.1. The highest BCUT2D eigenvalue weighted by Gasteiger charge is 2.50. The summed E-state index contributed by atoms with van der Waals surface area (Å²) in [5.41, 5.74) is 5.06. The van der Waals surface area contributed by atoms with Gasteiger partial charge in [-0.3, -0.25) is 4.79 Å². The van der Waals surface area contributed by atoms with Crippen LogP contribution in [-0.2, 0) is 6.42 Å². The molecule has 0 unspecified atom stereocenters. The number of anilines is 1. The van der Waals surface area contributed by atoms with Crippen molar-refractivity contribution in [2.75, 3.05) is 25.5 Å². The average Bonchev–Trinajstić information content (AvgIpc) is 3.51. The number of aromatic carboxylic acids is 1. The van der Waals surface area contributed by atoms with Crippen LogP contribution in [0.15, 0.2) is 42.5 Å². The molecule has 4 saturated carbocycles. The maximum absolute atomic E-state index is 13.5. The molecule has 4 fully saturated rings. The van der Waals surface area contributed by atoms with E-state index < -0.39 is 37.0 Å². The summed E-state index contributed by atoms with van der Waals surface area (Å²) in [4.78, 5) is 33.4. The Hall–Kier alpha value is -3.65. The van der Waals surface area contributed by atoms with E-state index in [4.69, 9.17) is 25.4 Å². The molecule has 12 nitrogen and oxygen atoms in total. The summed E-state index contributed by atoms with van der Waals surface area (Å²) >= 11 is 0. The summed E-state index contributed by atoms with van der Waals surface area (Å²) in [6.45, 7) is 3.23. The van der Waals surface area contributed by atoms with Gasteiger partial charge in [-0.2, -0.15) is 0 Å². The molecule has 4 atom stereocenters. The molecular weight excluding hydrogens is 640 g/mol. The predicted octanol–water partition coefficient (Wildman–Crippen LogP) is 3.43. The number of amides is 1. The number of imidazole rings is 1. The van der Waals surface area contributed by atoms with Gasteiger partial charge in [-0.25, -0.2) is 9.78 Å². The number of aliphatic hydroxyl groups is 5. The number of aromatic amines is 1. The van der Waals surface area contributed by atoms with Crippen molar-refractivity contribution in [3.05, 3.63) is 70.5 Å². The molecule has 9 N–H and O–H groups in total. The second kappa shape index (κ2) is 16.1. The lowest BCUT2D eigenvalue weighted by atomic mass is 9.48. The van der Waals surface area contributed by atoms with Crippen molar-refractivity contribution in [3.8, 4) is 11.4 Å². The summed E-state index contributed by atoms with van der Waals surface area (Å²) < 4.78 is 0. The second-order valence-corrected chi connectivity index (χ2v) is 14.8. The van der Waals surface area contributed by atoms with Crippen molar-refractivity contribution in [3.63, 3.8) is 0 Å². The van der Waals surface area contributed by atoms with Gasteiger partial charge >= 0.3 is 5.97 Å². The van der Waals surface area contributed by atoms with Crippen LogP contribution in [0, 0.1) is 37.0 Å². The van der Waals surface area contributed by atoms with Gasteiger partial charge < -0.3 is 46.3 Å². The smallest absolute Gasteiger partial charge is 0.336 e. The highest BCUT2D eigenvalue weighted by Crippen LogP contribution is 2.61. The Morgan fingerprint density at radius 3 is 2.12 bits per heavy atom. The van der Waals surface area contributed by atoms with Crippen LogP contribution < -0.4 is 10.6 Å². The van der Waals surface area contributed by atoms with Crippen molar-refractivity contribution >= 4 is 17.6 Å². The van der Waals surface area contributed by atoms with Gasteiger partial charge in [0.1, 0.15) is 29.8 Å². The zero-order valence-electron chi connectivity index (χ0n) is 29.1. The molecule has 1 amide bonds. The Morgan fingerprint density at radius 1 is 0.920 bits per heavy atom. The number of aryl methyl sites for hydroxylation is 3. The number of aliphatic hydroxyl groups excluding tert-OH is 5. The number of carbonyl (C=O) groups is 2. The molecule has 1 heterocycles. The van der Waals surface area contributed by atoms with Crippen LogP contribution in [0.1, 0.15) is 82.6 Å². The quantitative estimate of drug-likeness (QED) is 0.128. The summed E-state index contributed by atoms with van der Waals surface area (Å²) in [5, 5.41) is 59.9. The number of hydrogen-bond donors (Lipinski definition) is 9. The molecular formula is C38H52N4O8. The molecule has 50 heavy (non-hydrogen) atoms. The van der Waals surface area contributed by atoms with E-state index in [1.54, 1.807) is 26.1 Å². The number of likely N-dealkylation sites (N-methyl/N-ethyl adjacent to an activating group) is 1. The molecule has 7 rings (SSSR count). The first-order chi connectivity index (χ1) is 23.8. The molecule has 0 spiro atoms. The number of nitrogens with zero attached hydrogens (tertiary/aromatic N) is 1. The van der Waals surface area contributed by atoms with Crippen LogP contribution in [0.5, 0.6) is 0 Å². The standard InChI is InChI=1S/C31H35N3O3.C7H17NO5/c1-18-5-3-4-6-24(18)28-33-26(9-10-31-15-20-11-21(16-31)13-22(12-20)17-31)27(34-28)29(35)32-23-8-7-19(2)25(14-23)30(36)37;1-8-2-4(10)6(12)7(13)5(11)3-9/h3-8,14,20-22H,9-13,15-17H2,1-2H3,(H,32,35)(H,33,34)(H,36,37);4-13H,2-3H2,1H3/t;4-,5+,6+,7+/m.0/s1. The predicted molar refractivity (Wildman–Crippen MR) is 189 cm³/mol. The fraction of sp³-hybridized carbons (Fsp3) is 0.553. The van der Waals surface area contributed by atoms with E-state index >= 15 is 0 Å². The van der Waals surface area contributed by atoms with E-state index in [1.807, 2.05) is 31.2 Å². The summed E-state index contributed by atoms with van der Waals surface area (Å²) in [6.07, 6.45) is 4.49. The molecule has 2 aromatic carbocycles. The molecule has 12 heteroatoms. The van der Waals surface area contributed by atoms with E-state index in [1.165, 1.54) is 44.6 Å². The normalized spacial score (nSPS) is 24.5. The van der Waals surface area contributed by atoms with Gasteiger partial charge in [0.05, 0.1) is 18.3 Å². The third-order valence-electron chi connectivity index (χ3n) is 10.9.